The fourth-order valence-corrected chi connectivity index (χ4v) is 3.20. The van der Waals surface area contributed by atoms with Gasteiger partial charge in [0.05, 0.1) is 5.92 Å². The molecule has 1 atom stereocenters. The molecule has 6 heteroatoms. The van der Waals surface area contributed by atoms with Crippen molar-refractivity contribution in [1.29, 1.82) is 0 Å². The standard InChI is InChI=1S/C20H22FN3O2/c1-22-19(25)16-5-3-11-24(13-16)20(26)23-18-9-7-14(8-10-18)15-4-2-6-17(21)12-15/h2,4,6-10,12,16H,3,5,11,13H2,1H3,(H,22,25)(H,23,26)/t16-/m1/s1. The molecule has 0 radical (unpaired) electrons. The Morgan fingerprint density at radius 1 is 1.12 bits per heavy atom. The van der Waals surface area contributed by atoms with E-state index in [4.69, 9.17) is 0 Å². The summed E-state index contributed by atoms with van der Waals surface area (Å²) in [5, 5.41) is 5.51. The molecule has 1 fully saturated rings. The fraction of sp³-hybridized carbons (Fsp3) is 0.300. The minimum absolute atomic E-state index is 0.0260. The summed E-state index contributed by atoms with van der Waals surface area (Å²) in [6.45, 7) is 1.06. The van der Waals surface area contributed by atoms with Crippen molar-refractivity contribution in [2.24, 2.45) is 5.92 Å². The SMILES string of the molecule is CNC(=O)[C@@H]1CCCN(C(=O)Nc2ccc(-c3cccc(F)c3)cc2)C1. The van der Waals surface area contributed by atoms with Crippen LogP contribution in [0.2, 0.25) is 0 Å². The summed E-state index contributed by atoms with van der Waals surface area (Å²) in [5.41, 5.74) is 2.32. The minimum atomic E-state index is -0.282. The summed E-state index contributed by atoms with van der Waals surface area (Å²) in [4.78, 5) is 25.9. The molecular formula is C20H22FN3O2. The van der Waals surface area contributed by atoms with Crippen LogP contribution in [0.25, 0.3) is 11.1 Å². The van der Waals surface area contributed by atoms with Crippen molar-refractivity contribution < 1.29 is 14.0 Å². The van der Waals surface area contributed by atoms with Gasteiger partial charge >= 0.3 is 6.03 Å². The highest BCUT2D eigenvalue weighted by atomic mass is 19.1. The number of halogens is 1. The Balaban J connectivity index is 1.63. The second-order valence-corrected chi connectivity index (χ2v) is 6.42. The van der Waals surface area contributed by atoms with Crippen molar-refractivity contribution in [2.45, 2.75) is 12.8 Å². The van der Waals surface area contributed by atoms with Crippen LogP contribution < -0.4 is 10.6 Å². The Labute approximate surface area is 152 Å². The molecule has 2 N–H and O–H groups in total. The third-order valence-corrected chi connectivity index (χ3v) is 4.62. The third kappa shape index (κ3) is 4.20. The number of benzene rings is 2. The molecule has 1 aliphatic rings. The van der Waals surface area contributed by atoms with E-state index in [1.165, 1.54) is 12.1 Å². The van der Waals surface area contributed by atoms with Crippen LogP contribution >= 0.6 is 0 Å². The predicted molar refractivity (Wildman–Crippen MR) is 99.2 cm³/mol. The number of hydrogen-bond acceptors (Lipinski definition) is 2. The molecule has 0 aliphatic carbocycles. The number of piperidine rings is 1. The largest absolute Gasteiger partial charge is 0.359 e. The Hall–Kier alpha value is -2.89. The van der Waals surface area contributed by atoms with E-state index in [-0.39, 0.29) is 23.7 Å². The molecule has 0 bridgehead atoms. The van der Waals surface area contributed by atoms with Crippen molar-refractivity contribution in [2.75, 3.05) is 25.5 Å². The molecule has 1 heterocycles. The molecule has 26 heavy (non-hydrogen) atoms. The van der Waals surface area contributed by atoms with Crippen LogP contribution in [-0.2, 0) is 4.79 Å². The fourth-order valence-electron chi connectivity index (χ4n) is 3.20. The zero-order chi connectivity index (χ0) is 18.5. The molecule has 3 rings (SSSR count). The Kier molecular flexibility index (Phi) is 5.51. The topological polar surface area (TPSA) is 61.4 Å². The second-order valence-electron chi connectivity index (χ2n) is 6.42. The van der Waals surface area contributed by atoms with E-state index in [9.17, 15) is 14.0 Å². The Bertz CT molecular complexity index is 792. The van der Waals surface area contributed by atoms with Crippen LogP contribution in [0, 0.1) is 11.7 Å². The maximum absolute atomic E-state index is 13.3. The van der Waals surface area contributed by atoms with Gasteiger partial charge in [-0.15, -0.1) is 0 Å². The molecule has 2 aromatic rings. The molecule has 1 aliphatic heterocycles. The van der Waals surface area contributed by atoms with E-state index in [2.05, 4.69) is 10.6 Å². The molecule has 2 aromatic carbocycles. The Morgan fingerprint density at radius 2 is 1.88 bits per heavy atom. The van der Waals surface area contributed by atoms with Gasteiger partial charge in [-0.1, -0.05) is 24.3 Å². The maximum atomic E-state index is 13.3. The average Bonchev–Trinajstić information content (AvgIpc) is 2.68. The average molecular weight is 355 g/mol. The number of anilines is 1. The number of nitrogens with zero attached hydrogens (tertiary/aromatic N) is 1. The summed E-state index contributed by atoms with van der Waals surface area (Å²) in [6.07, 6.45) is 1.61. The van der Waals surface area contributed by atoms with Gasteiger partial charge in [0.25, 0.3) is 0 Å². The lowest BCUT2D eigenvalue weighted by molar-refractivity contribution is -0.125. The van der Waals surface area contributed by atoms with Gasteiger partial charge in [-0.2, -0.15) is 0 Å². The Morgan fingerprint density at radius 3 is 2.58 bits per heavy atom. The summed E-state index contributed by atoms with van der Waals surface area (Å²) >= 11 is 0. The molecule has 136 valence electrons. The highest BCUT2D eigenvalue weighted by Gasteiger charge is 2.27. The molecule has 0 spiro atoms. The number of hydrogen-bond donors (Lipinski definition) is 2. The number of amides is 3. The van der Waals surface area contributed by atoms with E-state index in [1.807, 2.05) is 18.2 Å². The summed E-state index contributed by atoms with van der Waals surface area (Å²) < 4.78 is 13.3. The second kappa shape index (κ2) is 7.99. The highest BCUT2D eigenvalue weighted by Crippen LogP contribution is 2.23. The lowest BCUT2D eigenvalue weighted by Crippen LogP contribution is -2.46. The van der Waals surface area contributed by atoms with Crippen LogP contribution in [0.4, 0.5) is 14.9 Å². The van der Waals surface area contributed by atoms with E-state index in [1.54, 1.807) is 30.1 Å². The van der Waals surface area contributed by atoms with Gasteiger partial charge < -0.3 is 15.5 Å². The van der Waals surface area contributed by atoms with Crippen LogP contribution in [0.1, 0.15) is 12.8 Å². The number of carbonyl (C=O) groups excluding carboxylic acids is 2. The number of urea groups is 1. The van der Waals surface area contributed by atoms with E-state index < -0.39 is 0 Å². The van der Waals surface area contributed by atoms with Crippen molar-refractivity contribution >= 4 is 17.6 Å². The van der Waals surface area contributed by atoms with Crippen LogP contribution in [-0.4, -0.2) is 37.0 Å². The molecule has 1 saturated heterocycles. The van der Waals surface area contributed by atoms with Gasteiger partial charge in [0.15, 0.2) is 0 Å². The molecule has 3 amide bonds. The van der Waals surface area contributed by atoms with Crippen molar-refractivity contribution in [3.05, 3.63) is 54.3 Å². The quantitative estimate of drug-likeness (QED) is 0.885. The summed E-state index contributed by atoms with van der Waals surface area (Å²) in [5.74, 6) is -0.465. The predicted octanol–water partition coefficient (Wildman–Crippen LogP) is 3.48. The van der Waals surface area contributed by atoms with E-state index in [0.29, 0.717) is 18.8 Å². The minimum Gasteiger partial charge on any atom is -0.359 e. The van der Waals surface area contributed by atoms with Crippen LogP contribution in [0.15, 0.2) is 48.5 Å². The molecule has 0 unspecified atom stereocenters. The molecule has 0 aromatic heterocycles. The maximum Gasteiger partial charge on any atom is 0.321 e. The first kappa shape index (κ1) is 17.9. The molecular weight excluding hydrogens is 333 g/mol. The van der Waals surface area contributed by atoms with Crippen LogP contribution in [0.3, 0.4) is 0 Å². The van der Waals surface area contributed by atoms with Gasteiger partial charge in [0.2, 0.25) is 5.91 Å². The monoisotopic (exact) mass is 355 g/mol. The van der Waals surface area contributed by atoms with E-state index in [0.717, 1.165) is 24.0 Å². The van der Waals surface area contributed by atoms with Gasteiger partial charge in [0, 0.05) is 25.8 Å². The first-order valence-electron chi connectivity index (χ1n) is 8.70. The number of carbonyl (C=O) groups is 2. The number of rotatable bonds is 3. The van der Waals surface area contributed by atoms with Gasteiger partial charge in [0.1, 0.15) is 5.82 Å². The van der Waals surface area contributed by atoms with Gasteiger partial charge in [-0.05, 0) is 48.2 Å². The van der Waals surface area contributed by atoms with Crippen molar-refractivity contribution in [3.63, 3.8) is 0 Å². The van der Waals surface area contributed by atoms with Crippen LogP contribution in [0.5, 0.6) is 0 Å². The first-order chi connectivity index (χ1) is 12.6. The first-order valence-corrected chi connectivity index (χ1v) is 8.70. The smallest absolute Gasteiger partial charge is 0.321 e. The lowest BCUT2D eigenvalue weighted by Gasteiger charge is -2.31. The lowest BCUT2D eigenvalue weighted by atomic mass is 9.97. The van der Waals surface area contributed by atoms with Gasteiger partial charge in [-0.25, -0.2) is 9.18 Å². The molecule has 5 nitrogen and oxygen atoms in total. The van der Waals surface area contributed by atoms with Crippen molar-refractivity contribution in [1.82, 2.24) is 10.2 Å². The zero-order valence-corrected chi connectivity index (χ0v) is 14.7. The summed E-state index contributed by atoms with van der Waals surface area (Å²) in [7, 11) is 1.61. The van der Waals surface area contributed by atoms with Crippen molar-refractivity contribution in [3.8, 4) is 11.1 Å². The van der Waals surface area contributed by atoms with E-state index >= 15 is 0 Å². The number of likely N-dealkylation sites (tertiary alicyclic amines) is 1. The van der Waals surface area contributed by atoms with Gasteiger partial charge in [-0.3, -0.25) is 4.79 Å². The normalized spacial score (nSPS) is 16.8. The summed E-state index contributed by atoms with van der Waals surface area (Å²) in [6, 6.07) is 13.4. The third-order valence-electron chi connectivity index (χ3n) is 4.62. The molecule has 0 saturated carbocycles. The highest BCUT2D eigenvalue weighted by molar-refractivity contribution is 5.90. The zero-order valence-electron chi connectivity index (χ0n) is 14.7. The number of nitrogens with one attached hydrogen (secondary N) is 2.